The summed E-state index contributed by atoms with van der Waals surface area (Å²) < 4.78 is 0. The van der Waals surface area contributed by atoms with Gasteiger partial charge in [0.15, 0.2) is 5.78 Å². The van der Waals surface area contributed by atoms with E-state index in [9.17, 15) is 4.79 Å². The number of para-hydroxylation sites is 1. The minimum absolute atomic E-state index is 0.0436. The predicted octanol–water partition coefficient (Wildman–Crippen LogP) is 2.59. The lowest BCUT2D eigenvalue weighted by Crippen LogP contribution is -1.97. The molecule has 0 unspecified atom stereocenters. The highest BCUT2D eigenvalue weighted by Crippen LogP contribution is 2.21. The lowest BCUT2D eigenvalue weighted by Gasteiger charge is -1.96. The van der Waals surface area contributed by atoms with Crippen molar-refractivity contribution < 1.29 is 4.79 Å². The summed E-state index contributed by atoms with van der Waals surface area (Å²) in [7, 11) is 0. The van der Waals surface area contributed by atoms with E-state index in [0.717, 1.165) is 5.69 Å². The van der Waals surface area contributed by atoms with Crippen LogP contribution in [0.2, 0.25) is 0 Å². The van der Waals surface area contributed by atoms with Gasteiger partial charge >= 0.3 is 0 Å². The molecule has 0 aliphatic carbocycles. The van der Waals surface area contributed by atoms with E-state index in [4.69, 9.17) is 0 Å². The second-order valence-electron chi connectivity index (χ2n) is 3.95. The molecule has 0 spiro atoms. The zero-order valence-electron chi connectivity index (χ0n) is 10.1. The Hall–Kier alpha value is -2.34. The quantitative estimate of drug-likeness (QED) is 0.686. The number of Topliss-reactive ketones (excluding diaryl/α,β-unsaturated/α-hetero) is 1. The lowest BCUT2D eigenvalue weighted by molar-refractivity contribution is 0.101. The molecule has 5 nitrogen and oxygen atoms in total. The second kappa shape index (κ2) is 4.74. The Morgan fingerprint density at radius 1 is 1.26 bits per heavy atom. The van der Waals surface area contributed by atoms with Crippen molar-refractivity contribution in [3.63, 3.8) is 0 Å². The number of aromatic nitrogens is 4. The van der Waals surface area contributed by atoms with E-state index in [1.807, 2.05) is 30.3 Å². The molecule has 0 amide bonds. The van der Waals surface area contributed by atoms with Crippen LogP contribution in [-0.2, 0) is 0 Å². The van der Waals surface area contributed by atoms with E-state index in [0.29, 0.717) is 16.4 Å². The third-order valence-corrected chi connectivity index (χ3v) is 3.43. The van der Waals surface area contributed by atoms with Crippen LogP contribution in [0.4, 0.5) is 0 Å². The Bertz CT molecular complexity index is 717. The van der Waals surface area contributed by atoms with Gasteiger partial charge < -0.3 is 0 Å². The number of benzene rings is 1. The molecular formula is C13H10N4OS. The smallest absolute Gasteiger partial charge is 0.178 e. The maximum absolute atomic E-state index is 11.2. The van der Waals surface area contributed by atoms with Crippen molar-refractivity contribution in [3.8, 4) is 16.4 Å². The van der Waals surface area contributed by atoms with E-state index >= 15 is 0 Å². The van der Waals surface area contributed by atoms with E-state index in [2.05, 4.69) is 15.2 Å². The third kappa shape index (κ3) is 2.30. The Kier molecular flexibility index (Phi) is 2.92. The molecule has 2 heterocycles. The van der Waals surface area contributed by atoms with Crippen LogP contribution in [0, 0.1) is 0 Å². The fourth-order valence-corrected chi connectivity index (χ4v) is 2.41. The summed E-state index contributed by atoms with van der Waals surface area (Å²) in [6.45, 7) is 1.50. The monoisotopic (exact) mass is 270 g/mol. The van der Waals surface area contributed by atoms with Crippen LogP contribution in [0.3, 0.4) is 0 Å². The Labute approximate surface area is 113 Å². The van der Waals surface area contributed by atoms with Gasteiger partial charge in [0.1, 0.15) is 16.4 Å². The van der Waals surface area contributed by atoms with Gasteiger partial charge in [0, 0.05) is 12.3 Å². The Balaban J connectivity index is 1.94. The number of nitrogens with zero attached hydrogens (tertiary/aromatic N) is 4. The van der Waals surface area contributed by atoms with Crippen molar-refractivity contribution in [1.82, 2.24) is 20.0 Å². The van der Waals surface area contributed by atoms with Crippen LogP contribution < -0.4 is 0 Å². The summed E-state index contributed by atoms with van der Waals surface area (Å²) in [5, 5.41) is 11.0. The van der Waals surface area contributed by atoms with Crippen molar-refractivity contribution in [2.75, 3.05) is 0 Å². The molecule has 0 N–H and O–H groups in total. The van der Waals surface area contributed by atoms with Crippen LogP contribution in [0.15, 0.2) is 41.9 Å². The predicted molar refractivity (Wildman–Crippen MR) is 72.5 cm³/mol. The maximum Gasteiger partial charge on any atom is 0.178 e. The first-order chi connectivity index (χ1) is 9.24. The van der Waals surface area contributed by atoms with Crippen LogP contribution >= 0.6 is 11.3 Å². The molecule has 2 aromatic heterocycles. The maximum atomic E-state index is 11.2. The number of ketones is 1. The van der Waals surface area contributed by atoms with Crippen LogP contribution in [-0.4, -0.2) is 25.8 Å². The number of carbonyl (C=O) groups is 1. The fourth-order valence-electron chi connectivity index (χ4n) is 1.60. The van der Waals surface area contributed by atoms with Gasteiger partial charge in [-0.05, 0) is 12.1 Å². The third-order valence-electron chi connectivity index (χ3n) is 2.56. The highest BCUT2D eigenvalue weighted by Gasteiger charge is 2.11. The molecule has 0 aliphatic rings. The summed E-state index contributed by atoms with van der Waals surface area (Å²) in [5.41, 5.74) is 2.02. The highest BCUT2D eigenvalue weighted by molar-refractivity contribution is 7.13. The van der Waals surface area contributed by atoms with E-state index in [1.165, 1.54) is 18.3 Å². The molecule has 0 atom stereocenters. The van der Waals surface area contributed by atoms with Gasteiger partial charge in [-0.1, -0.05) is 18.2 Å². The molecule has 0 bridgehead atoms. The molecule has 3 rings (SSSR count). The molecule has 94 valence electrons. The van der Waals surface area contributed by atoms with Crippen molar-refractivity contribution >= 4 is 17.1 Å². The number of hydrogen-bond acceptors (Lipinski definition) is 5. The van der Waals surface area contributed by atoms with E-state index in [-0.39, 0.29) is 5.78 Å². The van der Waals surface area contributed by atoms with Crippen molar-refractivity contribution in [3.05, 3.63) is 47.6 Å². The normalized spacial score (nSPS) is 10.6. The number of rotatable bonds is 3. The first kappa shape index (κ1) is 11.7. The van der Waals surface area contributed by atoms with Crippen LogP contribution in [0.1, 0.15) is 17.4 Å². The summed E-state index contributed by atoms with van der Waals surface area (Å²) in [4.78, 5) is 17.0. The van der Waals surface area contributed by atoms with Crippen molar-refractivity contribution in [2.45, 2.75) is 6.92 Å². The molecule has 0 radical (unpaired) electrons. The molecule has 0 saturated heterocycles. The van der Waals surface area contributed by atoms with E-state index in [1.54, 1.807) is 16.4 Å². The zero-order chi connectivity index (χ0) is 13.2. The van der Waals surface area contributed by atoms with Gasteiger partial charge in [-0.15, -0.1) is 16.4 Å². The summed E-state index contributed by atoms with van der Waals surface area (Å²) >= 11 is 1.39. The number of carbonyl (C=O) groups excluding carboxylic acids is 1. The molecule has 3 aromatic rings. The molecule has 1 aromatic carbocycles. The Morgan fingerprint density at radius 2 is 2.05 bits per heavy atom. The number of thiazole rings is 1. The zero-order valence-corrected chi connectivity index (χ0v) is 11.0. The highest BCUT2D eigenvalue weighted by atomic mass is 32.1. The minimum atomic E-state index is -0.0436. The van der Waals surface area contributed by atoms with Gasteiger partial charge in [-0.2, -0.15) is 9.90 Å². The molecule has 0 fully saturated rings. The first-order valence-electron chi connectivity index (χ1n) is 5.68. The van der Waals surface area contributed by atoms with Gasteiger partial charge in [0.05, 0.1) is 11.9 Å². The number of hydrogen-bond donors (Lipinski definition) is 0. The largest absolute Gasteiger partial charge is 0.293 e. The SMILES string of the molecule is CC(=O)c1csc(-c2cnn(-c3ccccc3)n2)n1. The standard InChI is InChI=1S/C13H10N4OS/c1-9(18)12-8-19-13(15-12)11-7-14-17(16-11)10-5-3-2-4-6-10/h2-8H,1H3. The molecule has 0 aliphatic heterocycles. The average molecular weight is 270 g/mol. The Morgan fingerprint density at radius 3 is 2.74 bits per heavy atom. The summed E-state index contributed by atoms with van der Waals surface area (Å²) in [5.74, 6) is -0.0436. The molecular weight excluding hydrogens is 260 g/mol. The molecule has 0 saturated carbocycles. The minimum Gasteiger partial charge on any atom is -0.293 e. The lowest BCUT2D eigenvalue weighted by atomic mass is 10.3. The van der Waals surface area contributed by atoms with Gasteiger partial charge in [0.25, 0.3) is 0 Å². The van der Waals surface area contributed by atoms with E-state index < -0.39 is 0 Å². The second-order valence-corrected chi connectivity index (χ2v) is 4.81. The van der Waals surface area contributed by atoms with Crippen molar-refractivity contribution in [2.24, 2.45) is 0 Å². The van der Waals surface area contributed by atoms with Gasteiger partial charge in [0.2, 0.25) is 0 Å². The van der Waals surface area contributed by atoms with Gasteiger partial charge in [-0.3, -0.25) is 4.79 Å². The van der Waals surface area contributed by atoms with Crippen LogP contribution in [0.25, 0.3) is 16.4 Å². The summed E-state index contributed by atoms with van der Waals surface area (Å²) in [6.07, 6.45) is 1.65. The van der Waals surface area contributed by atoms with Crippen molar-refractivity contribution in [1.29, 1.82) is 0 Å². The first-order valence-corrected chi connectivity index (χ1v) is 6.56. The summed E-state index contributed by atoms with van der Waals surface area (Å²) in [6, 6.07) is 9.64. The average Bonchev–Trinajstić information content (AvgIpc) is 3.09. The van der Waals surface area contributed by atoms with Gasteiger partial charge in [-0.25, -0.2) is 4.98 Å². The molecule has 6 heteroatoms. The molecule has 19 heavy (non-hydrogen) atoms. The fraction of sp³-hybridized carbons (Fsp3) is 0.0769. The van der Waals surface area contributed by atoms with Crippen LogP contribution in [0.5, 0.6) is 0 Å². The topological polar surface area (TPSA) is 60.7 Å².